The van der Waals surface area contributed by atoms with E-state index < -0.39 is 0 Å². The molecule has 6 nitrogen and oxygen atoms in total. The zero-order chi connectivity index (χ0) is 15.4. The Labute approximate surface area is 125 Å². The quantitative estimate of drug-likeness (QED) is 0.864. The number of allylic oxidation sites excluding steroid dienone is 2. The number of methoxy groups -OCH3 is 1. The first-order chi connectivity index (χ1) is 10.0. The second-order valence-electron chi connectivity index (χ2n) is 5.02. The molecule has 0 radical (unpaired) electrons. The number of ether oxygens (including phenoxy) is 1. The SMILES string of the molecule is COC1=CC=C(N=Nc2ccc(N(C)C)cc2C)[NH+](C)[N-]1. The average Bonchev–Trinajstić information content (AvgIpc) is 2.46. The molecule has 2 rings (SSSR count). The second-order valence-corrected chi connectivity index (χ2v) is 5.02. The Hall–Kier alpha value is -2.34. The van der Waals surface area contributed by atoms with Gasteiger partial charge in [-0.15, -0.1) is 5.11 Å². The lowest BCUT2D eigenvalue weighted by Crippen LogP contribution is -3.02. The van der Waals surface area contributed by atoms with Crippen LogP contribution in [0, 0.1) is 6.92 Å². The normalized spacial score (nSPS) is 18.0. The van der Waals surface area contributed by atoms with Crippen molar-refractivity contribution in [3.8, 4) is 0 Å². The fraction of sp³-hybridized carbons (Fsp3) is 0.333. The fourth-order valence-corrected chi connectivity index (χ4v) is 1.89. The maximum atomic E-state index is 5.08. The van der Waals surface area contributed by atoms with E-state index >= 15 is 0 Å². The predicted molar refractivity (Wildman–Crippen MR) is 83.4 cm³/mol. The third-order valence-electron chi connectivity index (χ3n) is 3.20. The molecular weight excluding hydrogens is 266 g/mol. The van der Waals surface area contributed by atoms with Crippen LogP contribution in [0.3, 0.4) is 0 Å². The Kier molecular flexibility index (Phi) is 4.59. The van der Waals surface area contributed by atoms with Crippen LogP contribution >= 0.6 is 0 Å². The van der Waals surface area contributed by atoms with Gasteiger partial charge in [0.15, 0.2) is 0 Å². The third kappa shape index (κ3) is 3.61. The first-order valence-corrected chi connectivity index (χ1v) is 6.72. The minimum atomic E-state index is 0.581. The molecule has 1 atom stereocenters. The third-order valence-corrected chi connectivity index (χ3v) is 3.20. The van der Waals surface area contributed by atoms with Gasteiger partial charge in [0.05, 0.1) is 25.7 Å². The molecular formula is C15H21N5O. The molecule has 1 aromatic carbocycles. The molecule has 0 saturated heterocycles. The number of hydrogen-bond acceptors (Lipinski definition) is 4. The Morgan fingerprint density at radius 3 is 2.52 bits per heavy atom. The van der Waals surface area contributed by atoms with Crippen LogP contribution in [0.5, 0.6) is 0 Å². The van der Waals surface area contributed by atoms with E-state index in [0.717, 1.165) is 27.8 Å². The van der Waals surface area contributed by atoms with E-state index in [0.29, 0.717) is 5.88 Å². The molecule has 0 aliphatic carbocycles. The van der Waals surface area contributed by atoms with Gasteiger partial charge in [0, 0.05) is 25.9 Å². The summed E-state index contributed by atoms with van der Waals surface area (Å²) in [5.74, 6) is 1.32. The molecule has 0 amide bonds. The van der Waals surface area contributed by atoms with Crippen LogP contribution in [-0.4, -0.2) is 28.3 Å². The summed E-state index contributed by atoms with van der Waals surface area (Å²) in [5, 5.41) is 9.39. The highest BCUT2D eigenvalue weighted by atomic mass is 16.5. The maximum Gasteiger partial charge on any atom is 0.240 e. The highest BCUT2D eigenvalue weighted by Crippen LogP contribution is 2.24. The van der Waals surface area contributed by atoms with Gasteiger partial charge in [0.2, 0.25) is 5.82 Å². The van der Waals surface area contributed by atoms with Gasteiger partial charge >= 0.3 is 0 Å². The van der Waals surface area contributed by atoms with Crippen molar-refractivity contribution in [2.45, 2.75) is 6.92 Å². The van der Waals surface area contributed by atoms with Gasteiger partial charge in [0.1, 0.15) is 0 Å². The van der Waals surface area contributed by atoms with Gasteiger partial charge in [0.25, 0.3) is 0 Å². The molecule has 0 saturated carbocycles. The van der Waals surface area contributed by atoms with Crippen molar-refractivity contribution in [3.63, 3.8) is 0 Å². The molecule has 1 aliphatic rings. The van der Waals surface area contributed by atoms with Crippen LogP contribution in [0.25, 0.3) is 5.43 Å². The Morgan fingerprint density at radius 1 is 1.19 bits per heavy atom. The number of anilines is 1. The Bertz CT molecular complexity index is 604. The topological polar surface area (TPSA) is 55.7 Å². The minimum absolute atomic E-state index is 0.581. The number of nitrogens with one attached hydrogen (secondary N) is 1. The van der Waals surface area contributed by atoms with Crippen molar-refractivity contribution in [1.29, 1.82) is 0 Å². The van der Waals surface area contributed by atoms with E-state index in [1.54, 1.807) is 13.2 Å². The summed E-state index contributed by atoms with van der Waals surface area (Å²) < 4.78 is 5.08. The zero-order valence-electron chi connectivity index (χ0n) is 13.1. The van der Waals surface area contributed by atoms with Gasteiger partial charge in [-0.25, -0.2) is 0 Å². The number of nitrogens with zero attached hydrogens (tertiary/aromatic N) is 4. The number of benzene rings is 1. The van der Waals surface area contributed by atoms with E-state index in [1.165, 1.54) is 0 Å². The van der Waals surface area contributed by atoms with Crippen molar-refractivity contribution in [1.82, 2.24) is 0 Å². The molecule has 6 heteroatoms. The molecule has 1 aromatic rings. The highest BCUT2D eigenvalue weighted by molar-refractivity contribution is 5.56. The summed E-state index contributed by atoms with van der Waals surface area (Å²) in [6.45, 7) is 2.03. The van der Waals surface area contributed by atoms with E-state index in [2.05, 4.69) is 26.6 Å². The summed E-state index contributed by atoms with van der Waals surface area (Å²) in [5.41, 5.74) is 7.37. The molecule has 0 spiro atoms. The average molecular weight is 287 g/mol. The van der Waals surface area contributed by atoms with E-state index in [1.807, 2.05) is 46.3 Å². The second kappa shape index (κ2) is 6.41. The van der Waals surface area contributed by atoms with Gasteiger partial charge < -0.3 is 20.1 Å². The molecule has 1 heterocycles. The van der Waals surface area contributed by atoms with Gasteiger partial charge in [-0.1, -0.05) is 5.11 Å². The minimum Gasteiger partial charge on any atom is -0.516 e. The molecule has 0 bridgehead atoms. The van der Waals surface area contributed by atoms with Gasteiger partial charge in [-0.2, -0.15) is 0 Å². The summed E-state index contributed by atoms with van der Waals surface area (Å²) >= 11 is 0. The van der Waals surface area contributed by atoms with Crippen LogP contribution in [0.15, 0.2) is 52.3 Å². The van der Waals surface area contributed by atoms with Crippen LogP contribution in [0.2, 0.25) is 0 Å². The molecule has 1 unspecified atom stereocenters. The molecule has 21 heavy (non-hydrogen) atoms. The van der Waals surface area contributed by atoms with Crippen molar-refractivity contribution in [3.05, 3.63) is 53.0 Å². The lowest BCUT2D eigenvalue weighted by atomic mass is 10.2. The number of rotatable bonds is 4. The molecule has 0 fully saturated rings. The van der Waals surface area contributed by atoms with Crippen molar-refractivity contribution >= 4 is 11.4 Å². The summed E-state index contributed by atoms with van der Waals surface area (Å²) in [4.78, 5) is 2.06. The number of quaternary nitrogens is 1. The molecule has 1 N–H and O–H groups in total. The summed E-state index contributed by atoms with van der Waals surface area (Å²) in [6, 6.07) is 6.09. The molecule has 112 valence electrons. The first-order valence-electron chi connectivity index (χ1n) is 6.72. The van der Waals surface area contributed by atoms with Gasteiger partial charge in [-0.05, 0) is 36.8 Å². The Morgan fingerprint density at radius 2 is 1.95 bits per heavy atom. The number of aryl methyl sites for hydroxylation is 1. The lowest BCUT2D eigenvalue weighted by molar-refractivity contribution is -0.799. The number of hydrogen-bond donors (Lipinski definition) is 1. The largest absolute Gasteiger partial charge is 0.516 e. The van der Waals surface area contributed by atoms with Crippen LogP contribution in [0.4, 0.5) is 11.4 Å². The lowest BCUT2D eigenvalue weighted by Gasteiger charge is -2.31. The fourth-order valence-electron chi connectivity index (χ4n) is 1.89. The number of azo groups is 1. The van der Waals surface area contributed by atoms with Crippen molar-refractivity contribution in [2.24, 2.45) is 10.2 Å². The monoisotopic (exact) mass is 287 g/mol. The maximum absolute atomic E-state index is 5.08. The summed E-state index contributed by atoms with van der Waals surface area (Å²) in [7, 11) is 7.52. The van der Waals surface area contributed by atoms with E-state index in [-0.39, 0.29) is 0 Å². The summed E-state index contributed by atoms with van der Waals surface area (Å²) in [6.07, 6.45) is 3.64. The zero-order valence-corrected chi connectivity index (χ0v) is 13.1. The predicted octanol–water partition coefficient (Wildman–Crippen LogP) is 2.29. The van der Waals surface area contributed by atoms with Crippen LogP contribution < -0.4 is 9.91 Å². The van der Waals surface area contributed by atoms with Crippen LogP contribution in [0.1, 0.15) is 5.56 Å². The molecule has 0 aromatic heterocycles. The highest BCUT2D eigenvalue weighted by Gasteiger charge is 2.08. The van der Waals surface area contributed by atoms with E-state index in [4.69, 9.17) is 4.74 Å². The van der Waals surface area contributed by atoms with E-state index in [9.17, 15) is 0 Å². The first kappa shape index (κ1) is 15.1. The standard InChI is InChI=1S/C15H21N5O/c1-11-10-12(19(2)3)6-7-13(11)16-17-14-8-9-15(21-5)18-20(14)4/h6-10,20H,1-5H3. The smallest absolute Gasteiger partial charge is 0.240 e. The van der Waals surface area contributed by atoms with Gasteiger partial charge in [-0.3, -0.25) is 0 Å². The molecule has 1 aliphatic heterocycles. The van der Waals surface area contributed by atoms with Crippen molar-refractivity contribution < 1.29 is 9.75 Å². The van der Waals surface area contributed by atoms with Crippen LogP contribution in [-0.2, 0) is 4.74 Å². The van der Waals surface area contributed by atoms with Crippen molar-refractivity contribution in [2.75, 3.05) is 33.2 Å². The Balaban J connectivity index is 2.18.